The first-order valence-electron chi connectivity index (χ1n) is 15.5. The standard InChI is InChI=1S/C34H46N4O5/c1-6-8-10-12-14-16-26-23-35-33(36-24-26)27-17-19-28(20-18-27)43-34(39)29-21-31(37(4)5)32(22-30(29)38(40)41)42-25(3)15-13-11-9-7-2/h17-25H,6-16H2,1-5H3/t25-/m1/s1. The van der Waals surface area contributed by atoms with Crippen molar-refractivity contribution in [3.05, 3.63) is 70.0 Å². The minimum atomic E-state index is -0.818. The Kier molecular flexibility index (Phi) is 13.4. The van der Waals surface area contributed by atoms with Gasteiger partial charge in [-0.1, -0.05) is 58.8 Å². The molecule has 2 aromatic carbocycles. The summed E-state index contributed by atoms with van der Waals surface area (Å²) >= 11 is 0. The van der Waals surface area contributed by atoms with Gasteiger partial charge in [0, 0.05) is 32.1 Å². The van der Waals surface area contributed by atoms with Crippen LogP contribution in [0.1, 0.15) is 101 Å². The molecule has 0 fully saturated rings. The number of nitro groups is 1. The summed E-state index contributed by atoms with van der Waals surface area (Å²) in [6.07, 6.45) is 16.0. The van der Waals surface area contributed by atoms with E-state index in [9.17, 15) is 14.9 Å². The first-order valence-corrected chi connectivity index (χ1v) is 15.5. The number of rotatable bonds is 18. The lowest BCUT2D eigenvalue weighted by atomic mass is 10.1. The van der Waals surface area contributed by atoms with Gasteiger partial charge in [-0.25, -0.2) is 14.8 Å². The zero-order chi connectivity index (χ0) is 31.2. The number of aryl methyl sites for hydroxylation is 1. The second kappa shape index (κ2) is 17.2. The number of nitrogens with zero attached hydrogens (tertiary/aromatic N) is 4. The van der Waals surface area contributed by atoms with Crippen molar-refractivity contribution in [3.63, 3.8) is 0 Å². The molecule has 0 N–H and O–H groups in total. The number of anilines is 1. The molecular weight excluding hydrogens is 544 g/mol. The molecular formula is C34H46N4O5. The Morgan fingerprint density at radius 2 is 1.56 bits per heavy atom. The molecule has 0 saturated heterocycles. The number of esters is 1. The van der Waals surface area contributed by atoms with Gasteiger partial charge in [0.25, 0.3) is 5.69 Å². The Labute approximate surface area is 255 Å². The van der Waals surface area contributed by atoms with Crippen LogP contribution in [0.4, 0.5) is 11.4 Å². The third-order valence-corrected chi connectivity index (χ3v) is 7.37. The van der Waals surface area contributed by atoms with E-state index < -0.39 is 10.9 Å². The normalized spacial score (nSPS) is 11.7. The average molecular weight is 591 g/mol. The predicted molar refractivity (Wildman–Crippen MR) is 171 cm³/mol. The molecule has 1 heterocycles. The summed E-state index contributed by atoms with van der Waals surface area (Å²) in [5, 5.41) is 12.0. The highest BCUT2D eigenvalue weighted by Gasteiger charge is 2.27. The zero-order valence-corrected chi connectivity index (χ0v) is 26.3. The van der Waals surface area contributed by atoms with Crippen molar-refractivity contribution in [1.29, 1.82) is 0 Å². The monoisotopic (exact) mass is 590 g/mol. The quantitative estimate of drug-likeness (QED) is 0.0476. The molecule has 0 aliphatic rings. The fourth-order valence-electron chi connectivity index (χ4n) is 4.85. The van der Waals surface area contributed by atoms with Gasteiger partial charge in [-0.15, -0.1) is 0 Å². The van der Waals surface area contributed by atoms with Crippen molar-refractivity contribution in [1.82, 2.24) is 9.97 Å². The van der Waals surface area contributed by atoms with Crippen molar-refractivity contribution in [2.45, 2.75) is 97.5 Å². The van der Waals surface area contributed by atoms with Crippen LogP contribution in [0.5, 0.6) is 11.5 Å². The molecule has 0 aliphatic heterocycles. The largest absolute Gasteiger partial charge is 0.488 e. The molecule has 0 unspecified atom stereocenters. The van der Waals surface area contributed by atoms with E-state index in [1.165, 1.54) is 44.2 Å². The molecule has 3 rings (SSSR count). The van der Waals surface area contributed by atoms with Crippen molar-refractivity contribution >= 4 is 17.3 Å². The summed E-state index contributed by atoms with van der Waals surface area (Å²) in [6, 6.07) is 9.59. The summed E-state index contributed by atoms with van der Waals surface area (Å²) in [5.74, 6) is 0.387. The molecule has 9 heteroatoms. The summed E-state index contributed by atoms with van der Waals surface area (Å²) in [7, 11) is 3.60. The van der Waals surface area contributed by atoms with Gasteiger partial charge < -0.3 is 14.4 Å². The van der Waals surface area contributed by atoms with E-state index in [4.69, 9.17) is 9.47 Å². The number of ether oxygens (including phenoxy) is 2. The van der Waals surface area contributed by atoms with Crippen LogP contribution < -0.4 is 14.4 Å². The van der Waals surface area contributed by atoms with Gasteiger partial charge in [-0.05, 0) is 68.5 Å². The molecule has 0 spiro atoms. The van der Waals surface area contributed by atoms with Crippen LogP contribution in [0.2, 0.25) is 0 Å². The predicted octanol–water partition coefficient (Wildman–Crippen LogP) is 8.59. The molecule has 0 saturated carbocycles. The van der Waals surface area contributed by atoms with Crippen LogP contribution in [0.3, 0.4) is 0 Å². The molecule has 0 bridgehead atoms. The maximum atomic E-state index is 13.2. The number of unbranched alkanes of at least 4 members (excludes halogenated alkanes) is 7. The van der Waals surface area contributed by atoms with Gasteiger partial charge >= 0.3 is 5.97 Å². The fourth-order valence-corrected chi connectivity index (χ4v) is 4.85. The Balaban J connectivity index is 1.70. The number of hydrogen-bond acceptors (Lipinski definition) is 8. The smallest absolute Gasteiger partial charge is 0.350 e. The van der Waals surface area contributed by atoms with Gasteiger partial charge in [0.1, 0.15) is 17.1 Å². The summed E-state index contributed by atoms with van der Waals surface area (Å²) in [5.41, 5.74) is 1.95. The second-order valence-corrected chi connectivity index (χ2v) is 11.3. The highest BCUT2D eigenvalue weighted by Crippen LogP contribution is 2.36. The molecule has 1 atom stereocenters. The van der Waals surface area contributed by atoms with Gasteiger partial charge in [0.05, 0.1) is 22.8 Å². The van der Waals surface area contributed by atoms with Crippen LogP contribution >= 0.6 is 0 Å². The fraction of sp³-hybridized carbons (Fsp3) is 0.500. The second-order valence-electron chi connectivity index (χ2n) is 11.3. The Hall–Kier alpha value is -4.01. The van der Waals surface area contributed by atoms with Crippen molar-refractivity contribution in [3.8, 4) is 22.9 Å². The highest BCUT2D eigenvalue weighted by molar-refractivity contribution is 5.97. The molecule has 0 radical (unpaired) electrons. The molecule has 0 aliphatic carbocycles. The molecule has 43 heavy (non-hydrogen) atoms. The van der Waals surface area contributed by atoms with Crippen LogP contribution in [0.15, 0.2) is 48.8 Å². The van der Waals surface area contributed by atoms with E-state index in [-0.39, 0.29) is 23.1 Å². The van der Waals surface area contributed by atoms with Gasteiger partial charge in [0.2, 0.25) is 0 Å². The van der Waals surface area contributed by atoms with Crippen molar-refractivity contribution in [2.24, 2.45) is 0 Å². The van der Waals surface area contributed by atoms with Gasteiger partial charge in [-0.2, -0.15) is 0 Å². The Bertz CT molecular complexity index is 1310. The van der Waals surface area contributed by atoms with Crippen molar-refractivity contribution < 1.29 is 19.2 Å². The number of hydrogen-bond donors (Lipinski definition) is 0. The molecule has 1 aromatic heterocycles. The SMILES string of the molecule is CCCCCCCc1cnc(-c2ccc(OC(=O)c3cc(N(C)C)c(O[C@H](C)CCCCCC)cc3[N+](=O)[O-])cc2)nc1. The maximum absolute atomic E-state index is 13.2. The van der Waals surface area contributed by atoms with Crippen LogP contribution in [0, 0.1) is 10.1 Å². The molecule has 3 aromatic rings. The summed E-state index contributed by atoms with van der Waals surface area (Å²) in [6.45, 7) is 6.33. The third-order valence-electron chi connectivity index (χ3n) is 7.37. The summed E-state index contributed by atoms with van der Waals surface area (Å²) in [4.78, 5) is 35.4. The first kappa shape index (κ1) is 33.5. The van der Waals surface area contributed by atoms with Crippen molar-refractivity contribution in [2.75, 3.05) is 19.0 Å². The number of benzene rings is 2. The number of aromatic nitrogens is 2. The van der Waals surface area contributed by atoms with Crippen LogP contribution in [-0.2, 0) is 6.42 Å². The molecule has 0 amide bonds. The minimum absolute atomic E-state index is 0.123. The van der Waals surface area contributed by atoms with E-state index in [0.717, 1.165) is 49.7 Å². The minimum Gasteiger partial charge on any atom is -0.488 e. The lowest BCUT2D eigenvalue weighted by Gasteiger charge is -2.22. The number of carbonyl (C=O) groups excluding carboxylic acids is 1. The van der Waals surface area contributed by atoms with Gasteiger partial charge in [0.15, 0.2) is 5.82 Å². The summed E-state index contributed by atoms with van der Waals surface area (Å²) < 4.78 is 11.7. The Morgan fingerprint density at radius 3 is 2.16 bits per heavy atom. The lowest BCUT2D eigenvalue weighted by Crippen LogP contribution is -2.18. The lowest BCUT2D eigenvalue weighted by molar-refractivity contribution is -0.385. The highest BCUT2D eigenvalue weighted by atomic mass is 16.6. The maximum Gasteiger partial charge on any atom is 0.350 e. The van der Waals surface area contributed by atoms with E-state index >= 15 is 0 Å². The number of nitro benzene ring substituents is 1. The third kappa shape index (κ3) is 10.3. The number of carbonyl (C=O) groups is 1. The van der Waals surface area contributed by atoms with Crippen LogP contribution in [-0.4, -0.2) is 41.1 Å². The van der Waals surface area contributed by atoms with Gasteiger partial charge in [-0.3, -0.25) is 10.1 Å². The average Bonchev–Trinajstić information content (AvgIpc) is 2.99. The Morgan fingerprint density at radius 1 is 0.930 bits per heavy atom. The van der Waals surface area contributed by atoms with E-state index in [1.54, 1.807) is 43.3 Å². The van der Waals surface area contributed by atoms with Crippen LogP contribution in [0.25, 0.3) is 11.4 Å². The van der Waals surface area contributed by atoms with E-state index in [2.05, 4.69) is 23.8 Å². The first-order chi connectivity index (χ1) is 20.7. The molecule has 232 valence electrons. The van der Waals surface area contributed by atoms with E-state index in [0.29, 0.717) is 17.3 Å². The molecule has 9 nitrogen and oxygen atoms in total. The zero-order valence-electron chi connectivity index (χ0n) is 26.3. The van der Waals surface area contributed by atoms with E-state index in [1.807, 2.05) is 19.3 Å². The topological polar surface area (TPSA) is 108 Å².